The van der Waals surface area contributed by atoms with Crippen molar-refractivity contribution in [3.63, 3.8) is 0 Å². The molecule has 3 aromatic rings. The van der Waals surface area contributed by atoms with Gasteiger partial charge < -0.3 is 5.73 Å². The molecule has 0 unspecified atom stereocenters. The number of nitrogen functional groups attached to an aromatic ring is 1. The van der Waals surface area contributed by atoms with E-state index in [1.165, 1.54) is 0 Å². The first-order chi connectivity index (χ1) is 9.15. The van der Waals surface area contributed by atoms with Crippen LogP contribution in [-0.2, 0) is 7.05 Å². The van der Waals surface area contributed by atoms with E-state index in [-0.39, 0.29) is 0 Å². The van der Waals surface area contributed by atoms with E-state index in [0.717, 1.165) is 33.3 Å². The summed E-state index contributed by atoms with van der Waals surface area (Å²) in [6, 6.07) is 9.95. The largest absolute Gasteiger partial charge is 0.399 e. The van der Waals surface area contributed by atoms with Crippen LogP contribution >= 0.6 is 11.3 Å². The zero-order valence-corrected chi connectivity index (χ0v) is 11.6. The predicted octanol–water partition coefficient (Wildman–Crippen LogP) is 3.10. The molecular formula is C14H14N4S. The highest BCUT2D eigenvalue weighted by Gasteiger charge is 2.12. The van der Waals surface area contributed by atoms with Gasteiger partial charge in [-0.15, -0.1) is 16.4 Å². The Morgan fingerprint density at radius 3 is 2.79 bits per heavy atom. The van der Waals surface area contributed by atoms with E-state index in [1.807, 2.05) is 49.7 Å². The molecule has 1 aromatic carbocycles. The maximum atomic E-state index is 5.85. The molecule has 3 rings (SSSR count). The van der Waals surface area contributed by atoms with E-state index in [2.05, 4.69) is 10.1 Å². The number of aryl methyl sites for hydroxylation is 2. The molecular weight excluding hydrogens is 256 g/mol. The molecule has 96 valence electrons. The average Bonchev–Trinajstić information content (AvgIpc) is 3.01. The molecule has 0 aliphatic rings. The third-order valence-corrected chi connectivity index (χ3v) is 3.90. The van der Waals surface area contributed by atoms with Crippen LogP contribution in [0.3, 0.4) is 0 Å². The number of benzene rings is 1. The summed E-state index contributed by atoms with van der Waals surface area (Å²) in [6.45, 7) is 2.00. The number of nitrogens with zero attached hydrogens (tertiary/aromatic N) is 3. The molecule has 0 spiro atoms. The van der Waals surface area contributed by atoms with Gasteiger partial charge in [-0.05, 0) is 42.1 Å². The highest BCUT2D eigenvalue weighted by atomic mass is 32.1. The van der Waals surface area contributed by atoms with Crippen molar-refractivity contribution in [1.82, 2.24) is 14.8 Å². The molecule has 0 aliphatic heterocycles. The van der Waals surface area contributed by atoms with E-state index in [9.17, 15) is 0 Å². The highest BCUT2D eigenvalue weighted by Crippen LogP contribution is 2.26. The molecule has 5 heteroatoms. The van der Waals surface area contributed by atoms with E-state index < -0.39 is 0 Å². The summed E-state index contributed by atoms with van der Waals surface area (Å²) in [7, 11) is 1.91. The minimum Gasteiger partial charge on any atom is -0.399 e. The zero-order chi connectivity index (χ0) is 13.4. The number of rotatable bonds is 2. The molecule has 4 nitrogen and oxygen atoms in total. The highest BCUT2D eigenvalue weighted by molar-refractivity contribution is 7.13. The van der Waals surface area contributed by atoms with Crippen molar-refractivity contribution in [2.45, 2.75) is 6.92 Å². The van der Waals surface area contributed by atoms with Gasteiger partial charge in [-0.2, -0.15) is 0 Å². The molecule has 0 fully saturated rings. The van der Waals surface area contributed by atoms with Crippen LogP contribution in [0.25, 0.3) is 22.1 Å². The number of anilines is 1. The lowest BCUT2D eigenvalue weighted by atomic mass is 10.1. The van der Waals surface area contributed by atoms with Crippen LogP contribution in [0.15, 0.2) is 35.7 Å². The van der Waals surface area contributed by atoms with Gasteiger partial charge in [0.1, 0.15) is 0 Å². The van der Waals surface area contributed by atoms with Gasteiger partial charge in [0.15, 0.2) is 11.6 Å². The van der Waals surface area contributed by atoms with Crippen molar-refractivity contribution in [3.8, 4) is 22.1 Å². The fourth-order valence-electron chi connectivity index (χ4n) is 1.96. The van der Waals surface area contributed by atoms with Crippen molar-refractivity contribution in [2.24, 2.45) is 7.05 Å². The Labute approximate surface area is 115 Å². The van der Waals surface area contributed by atoms with Gasteiger partial charge in [0.25, 0.3) is 0 Å². The lowest BCUT2D eigenvalue weighted by Gasteiger charge is -2.03. The zero-order valence-electron chi connectivity index (χ0n) is 10.8. The second-order valence-electron chi connectivity index (χ2n) is 4.43. The van der Waals surface area contributed by atoms with Crippen LogP contribution in [0.4, 0.5) is 5.69 Å². The third-order valence-electron chi connectivity index (χ3n) is 3.03. The second kappa shape index (κ2) is 4.51. The number of thiophene rings is 1. The second-order valence-corrected chi connectivity index (χ2v) is 5.38. The van der Waals surface area contributed by atoms with Crippen molar-refractivity contribution < 1.29 is 0 Å². The van der Waals surface area contributed by atoms with Gasteiger partial charge >= 0.3 is 0 Å². The Morgan fingerprint density at radius 1 is 1.26 bits per heavy atom. The lowest BCUT2D eigenvalue weighted by molar-refractivity contribution is 0.777. The Kier molecular flexibility index (Phi) is 2.83. The van der Waals surface area contributed by atoms with Crippen molar-refractivity contribution in [1.29, 1.82) is 0 Å². The molecule has 0 aliphatic carbocycles. The fraction of sp³-hybridized carbons (Fsp3) is 0.143. The van der Waals surface area contributed by atoms with Gasteiger partial charge in [-0.3, -0.25) is 0 Å². The molecule has 0 radical (unpaired) electrons. The molecule has 0 saturated carbocycles. The summed E-state index contributed by atoms with van der Waals surface area (Å²) in [5.41, 5.74) is 8.73. The first-order valence-corrected chi connectivity index (χ1v) is 6.84. The Bertz CT molecular complexity index is 713. The van der Waals surface area contributed by atoms with Gasteiger partial charge in [0, 0.05) is 18.3 Å². The summed E-state index contributed by atoms with van der Waals surface area (Å²) in [5.74, 6) is 1.62. The van der Waals surface area contributed by atoms with E-state index in [1.54, 1.807) is 16.0 Å². The van der Waals surface area contributed by atoms with Crippen LogP contribution in [0.5, 0.6) is 0 Å². The standard InChI is InChI=1S/C14H14N4S/c1-9-8-10(5-6-11(9)15)14-16-13(17-18(14)2)12-4-3-7-19-12/h3-8H,15H2,1-2H3. The molecule has 19 heavy (non-hydrogen) atoms. The average molecular weight is 270 g/mol. The lowest BCUT2D eigenvalue weighted by Crippen LogP contribution is -1.96. The fourth-order valence-corrected chi connectivity index (χ4v) is 2.61. The van der Waals surface area contributed by atoms with Gasteiger partial charge in [-0.1, -0.05) is 6.07 Å². The summed E-state index contributed by atoms with van der Waals surface area (Å²) in [4.78, 5) is 5.69. The molecule has 2 heterocycles. The Morgan fingerprint density at radius 2 is 2.11 bits per heavy atom. The molecule has 0 saturated heterocycles. The minimum absolute atomic E-state index is 0.766. The summed E-state index contributed by atoms with van der Waals surface area (Å²) >= 11 is 1.64. The van der Waals surface area contributed by atoms with Crippen LogP contribution in [-0.4, -0.2) is 14.8 Å². The molecule has 2 aromatic heterocycles. The summed E-state index contributed by atoms with van der Waals surface area (Å²) < 4.78 is 1.81. The van der Waals surface area contributed by atoms with Crippen LogP contribution < -0.4 is 5.73 Å². The molecule has 0 atom stereocenters. The van der Waals surface area contributed by atoms with Crippen molar-refractivity contribution in [3.05, 3.63) is 41.3 Å². The summed E-state index contributed by atoms with van der Waals surface area (Å²) in [6.07, 6.45) is 0. The number of aromatic nitrogens is 3. The predicted molar refractivity (Wildman–Crippen MR) is 78.9 cm³/mol. The third kappa shape index (κ3) is 2.13. The smallest absolute Gasteiger partial charge is 0.191 e. The van der Waals surface area contributed by atoms with E-state index >= 15 is 0 Å². The van der Waals surface area contributed by atoms with Gasteiger partial charge in [0.2, 0.25) is 0 Å². The summed E-state index contributed by atoms with van der Waals surface area (Å²) in [5, 5.41) is 6.49. The SMILES string of the molecule is Cc1cc(-c2nc(-c3cccs3)nn2C)ccc1N. The topological polar surface area (TPSA) is 56.7 Å². The van der Waals surface area contributed by atoms with Crippen LogP contribution in [0.2, 0.25) is 0 Å². The first-order valence-electron chi connectivity index (χ1n) is 5.96. The normalized spacial score (nSPS) is 10.8. The number of hydrogen-bond acceptors (Lipinski definition) is 4. The first kappa shape index (κ1) is 11.9. The monoisotopic (exact) mass is 270 g/mol. The van der Waals surface area contributed by atoms with E-state index in [4.69, 9.17) is 5.73 Å². The van der Waals surface area contributed by atoms with Crippen molar-refractivity contribution in [2.75, 3.05) is 5.73 Å². The van der Waals surface area contributed by atoms with Crippen molar-refractivity contribution >= 4 is 17.0 Å². The van der Waals surface area contributed by atoms with Crippen LogP contribution in [0, 0.1) is 6.92 Å². The quantitative estimate of drug-likeness (QED) is 0.728. The van der Waals surface area contributed by atoms with Gasteiger partial charge in [0.05, 0.1) is 4.88 Å². The molecule has 2 N–H and O–H groups in total. The maximum absolute atomic E-state index is 5.85. The Hall–Kier alpha value is -2.14. The molecule has 0 amide bonds. The maximum Gasteiger partial charge on any atom is 0.191 e. The van der Waals surface area contributed by atoms with Gasteiger partial charge in [-0.25, -0.2) is 9.67 Å². The van der Waals surface area contributed by atoms with Crippen LogP contribution in [0.1, 0.15) is 5.56 Å². The minimum atomic E-state index is 0.766. The molecule has 0 bridgehead atoms. The number of hydrogen-bond donors (Lipinski definition) is 1. The van der Waals surface area contributed by atoms with E-state index in [0.29, 0.717) is 0 Å². The Balaban J connectivity index is 2.08. The number of nitrogens with two attached hydrogens (primary N) is 1.